The van der Waals surface area contributed by atoms with Gasteiger partial charge in [-0.25, -0.2) is 4.68 Å². The highest BCUT2D eigenvalue weighted by Gasteiger charge is 2.50. The van der Waals surface area contributed by atoms with Crippen molar-refractivity contribution in [2.75, 3.05) is 6.61 Å². The van der Waals surface area contributed by atoms with Crippen molar-refractivity contribution in [2.24, 2.45) is 0 Å². The fourth-order valence-electron chi connectivity index (χ4n) is 6.53. The Hall–Kier alpha value is -3.77. The molecule has 45 heavy (non-hydrogen) atoms. The molecular formula is C33H39F3N4O4Si. The van der Waals surface area contributed by atoms with Gasteiger partial charge in [0.25, 0.3) is 11.4 Å². The van der Waals surface area contributed by atoms with E-state index in [0.717, 1.165) is 18.4 Å². The average molecular weight is 641 g/mol. The molecule has 240 valence electrons. The summed E-state index contributed by atoms with van der Waals surface area (Å²) in [6, 6.07) is 16.3. The van der Waals surface area contributed by atoms with Crippen LogP contribution in [0.5, 0.6) is 5.75 Å². The molecule has 2 aromatic carbocycles. The van der Waals surface area contributed by atoms with E-state index in [2.05, 4.69) is 73.7 Å². The van der Waals surface area contributed by atoms with Crippen molar-refractivity contribution in [2.45, 2.75) is 89.3 Å². The molecule has 1 aliphatic carbocycles. The van der Waals surface area contributed by atoms with E-state index >= 15 is 0 Å². The van der Waals surface area contributed by atoms with Crippen LogP contribution in [-0.4, -0.2) is 41.2 Å². The summed E-state index contributed by atoms with van der Waals surface area (Å²) in [7, 11) is -2.00. The SMILES string of the molecule is CC(C)[Si](OCC1(c2cccc(Cn3nc(-c4nc(-c5ccc(OC(F)(F)F)cc5)no4)ccc3=O)c2)CC1)(C(C)C)C(C)C. The van der Waals surface area contributed by atoms with Crippen LogP contribution in [-0.2, 0) is 16.4 Å². The molecule has 0 aliphatic heterocycles. The average Bonchev–Trinajstić information content (AvgIpc) is 3.60. The lowest BCUT2D eigenvalue weighted by Crippen LogP contribution is -2.49. The molecule has 2 heterocycles. The zero-order valence-corrected chi connectivity index (χ0v) is 27.4. The van der Waals surface area contributed by atoms with E-state index in [0.29, 0.717) is 34.5 Å². The Morgan fingerprint density at radius 2 is 1.62 bits per heavy atom. The van der Waals surface area contributed by atoms with Crippen LogP contribution in [0.4, 0.5) is 13.2 Å². The molecule has 4 aromatic rings. The normalized spacial score (nSPS) is 14.8. The summed E-state index contributed by atoms with van der Waals surface area (Å²) in [5.41, 5.74) is 4.13. The van der Waals surface area contributed by atoms with Crippen molar-refractivity contribution >= 4 is 8.32 Å². The van der Waals surface area contributed by atoms with Gasteiger partial charge in [0.15, 0.2) is 8.32 Å². The van der Waals surface area contributed by atoms with Gasteiger partial charge in [-0.3, -0.25) is 4.79 Å². The zero-order chi connectivity index (χ0) is 32.6. The minimum atomic E-state index is -4.78. The summed E-state index contributed by atoms with van der Waals surface area (Å²) >= 11 is 0. The summed E-state index contributed by atoms with van der Waals surface area (Å²) in [6.45, 7) is 14.8. The van der Waals surface area contributed by atoms with Gasteiger partial charge in [-0.2, -0.15) is 10.1 Å². The Labute approximate surface area is 261 Å². The van der Waals surface area contributed by atoms with Crippen molar-refractivity contribution in [3.8, 4) is 28.7 Å². The number of hydrogen-bond acceptors (Lipinski definition) is 7. The monoisotopic (exact) mass is 640 g/mol. The van der Waals surface area contributed by atoms with Crippen LogP contribution in [0, 0.1) is 0 Å². The summed E-state index contributed by atoms with van der Waals surface area (Å²) in [6.07, 6.45) is -2.64. The van der Waals surface area contributed by atoms with Gasteiger partial charge in [0, 0.05) is 23.7 Å². The predicted molar refractivity (Wildman–Crippen MR) is 167 cm³/mol. The molecule has 0 radical (unpaired) electrons. The number of ether oxygens (including phenoxy) is 1. The molecule has 2 aromatic heterocycles. The van der Waals surface area contributed by atoms with E-state index in [1.807, 2.05) is 12.1 Å². The van der Waals surface area contributed by atoms with Gasteiger partial charge in [0.2, 0.25) is 5.82 Å². The minimum Gasteiger partial charge on any atom is -0.415 e. The summed E-state index contributed by atoms with van der Waals surface area (Å²) < 4.78 is 55.1. The molecule has 8 nitrogen and oxygen atoms in total. The van der Waals surface area contributed by atoms with E-state index in [1.165, 1.54) is 46.6 Å². The Balaban J connectivity index is 1.32. The van der Waals surface area contributed by atoms with E-state index in [-0.39, 0.29) is 35.0 Å². The van der Waals surface area contributed by atoms with E-state index < -0.39 is 14.7 Å². The summed E-state index contributed by atoms with van der Waals surface area (Å²) in [4.78, 5) is 17.1. The van der Waals surface area contributed by atoms with E-state index in [4.69, 9.17) is 8.95 Å². The van der Waals surface area contributed by atoms with Crippen molar-refractivity contribution in [1.82, 2.24) is 19.9 Å². The van der Waals surface area contributed by atoms with Gasteiger partial charge in [-0.15, -0.1) is 13.2 Å². The Kier molecular flexibility index (Phi) is 9.10. The van der Waals surface area contributed by atoms with Gasteiger partial charge in [-0.05, 0) is 70.9 Å². The summed E-state index contributed by atoms with van der Waals surface area (Å²) in [5, 5.41) is 8.41. The van der Waals surface area contributed by atoms with E-state index in [1.54, 1.807) is 0 Å². The summed E-state index contributed by atoms with van der Waals surface area (Å²) in [5.74, 6) is -0.123. The van der Waals surface area contributed by atoms with E-state index in [9.17, 15) is 18.0 Å². The first-order chi connectivity index (χ1) is 21.2. The second-order valence-corrected chi connectivity index (χ2v) is 18.3. The lowest BCUT2D eigenvalue weighted by molar-refractivity contribution is -0.274. The molecule has 0 N–H and O–H groups in total. The molecular weight excluding hydrogens is 601 g/mol. The lowest BCUT2D eigenvalue weighted by atomic mass is 9.95. The molecule has 5 rings (SSSR count). The first-order valence-corrected chi connectivity index (χ1v) is 17.4. The fourth-order valence-corrected chi connectivity index (χ4v) is 12.1. The topological polar surface area (TPSA) is 92.3 Å². The molecule has 0 atom stereocenters. The third kappa shape index (κ3) is 7.06. The minimum absolute atomic E-state index is 0.00952. The molecule has 0 saturated heterocycles. The quantitative estimate of drug-likeness (QED) is 0.144. The van der Waals surface area contributed by atoms with Gasteiger partial charge in [-0.1, -0.05) is 71.0 Å². The van der Waals surface area contributed by atoms with Crippen LogP contribution in [0.25, 0.3) is 23.0 Å². The Morgan fingerprint density at radius 3 is 2.22 bits per heavy atom. The van der Waals surface area contributed by atoms with Gasteiger partial charge < -0.3 is 13.7 Å². The third-order valence-corrected chi connectivity index (χ3v) is 14.9. The fraction of sp³-hybridized carbons (Fsp3) is 0.455. The van der Waals surface area contributed by atoms with Gasteiger partial charge in [0.05, 0.1) is 6.54 Å². The highest BCUT2D eigenvalue weighted by molar-refractivity contribution is 6.77. The molecule has 12 heteroatoms. The molecule has 1 saturated carbocycles. The smallest absolute Gasteiger partial charge is 0.415 e. The van der Waals surface area contributed by atoms with Crippen LogP contribution >= 0.6 is 0 Å². The number of nitrogens with zero attached hydrogens (tertiary/aromatic N) is 4. The lowest BCUT2D eigenvalue weighted by Gasteiger charge is -2.43. The van der Waals surface area contributed by atoms with Crippen molar-refractivity contribution < 1.29 is 26.9 Å². The highest BCUT2D eigenvalue weighted by Crippen LogP contribution is 2.51. The maximum Gasteiger partial charge on any atom is 0.573 e. The molecule has 1 fully saturated rings. The Morgan fingerprint density at radius 1 is 0.956 bits per heavy atom. The molecule has 0 amide bonds. The van der Waals surface area contributed by atoms with Crippen molar-refractivity contribution in [1.29, 1.82) is 0 Å². The van der Waals surface area contributed by atoms with Crippen LogP contribution in [0.3, 0.4) is 0 Å². The molecule has 0 spiro atoms. The number of aromatic nitrogens is 4. The number of hydrogen-bond donors (Lipinski definition) is 0. The van der Waals surface area contributed by atoms with Crippen LogP contribution in [0.15, 0.2) is 70.0 Å². The first kappa shape index (κ1) is 32.6. The maximum absolute atomic E-state index is 12.8. The number of benzene rings is 2. The molecule has 0 unspecified atom stereocenters. The molecule has 1 aliphatic rings. The van der Waals surface area contributed by atoms with Gasteiger partial charge >= 0.3 is 6.36 Å². The van der Waals surface area contributed by atoms with Gasteiger partial charge in [0.1, 0.15) is 11.4 Å². The highest BCUT2D eigenvalue weighted by atomic mass is 28.4. The predicted octanol–water partition coefficient (Wildman–Crippen LogP) is 8.13. The van der Waals surface area contributed by atoms with Crippen LogP contribution in [0.1, 0.15) is 65.5 Å². The standard InChI is InChI=1S/C33H39F3N4O4Si/c1-21(2)45(22(3)4,23(5)6)42-20-32(16-17-32)26-9-7-8-24(18-26)19-40-29(41)15-14-28(38-40)31-37-30(39-44-31)25-10-12-27(13-11-25)43-33(34,35)36/h7-15,18,21-23H,16-17,19-20H2,1-6H3. The van der Waals surface area contributed by atoms with Crippen molar-refractivity contribution in [3.63, 3.8) is 0 Å². The molecule has 0 bridgehead atoms. The van der Waals surface area contributed by atoms with Crippen molar-refractivity contribution in [3.05, 3.63) is 82.1 Å². The third-order valence-electron chi connectivity index (χ3n) is 8.89. The largest absolute Gasteiger partial charge is 0.573 e. The Bertz CT molecular complexity index is 1660. The first-order valence-electron chi connectivity index (χ1n) is 15.2. The van der Waals surface area contributed by atoms with Crippen LogP contribution < -0.4 is 10.3 Å². The second-order valence-electron chi connectivity index (χ2n) is 12.8. The van der Waals surface area contributed by atoms with Crippen LogP contribution in [0.2, 0.25) is 16.6 Å². The zero-order valence-electron chi connectivity index (χ0n) is 26.4. The number of alkyl halides is 3. The maximum atomic E-state index is 12.8. The second kappa shape index (κ2) is 12.6. The number of halogens is 3. The number of rotatable bonds is 12.